The fourth-order valence-corrected chi connectivity index (χ4v) is 2.10. The molecule has 0 saturated carbocycles. The maximum absolute atomic E-state index is 12.8. The third-order valence-corrected chi connectivity index (χ3v) is 3.39. The van der Waals surface area contributed by atoms with Crippen LogP contribution in [-0.2, 0) is 0 Å². The van der Waals surface area contributed by atoms with Gasteiger partial charge in [0, 0.05) is 30.7 Å². The first-order chi connectivity index (χ1) is 8.09. The highest BCUT2D eigenvalue weighted by Gasteiger charge is 2.28. The number of nitrogens with one attached hydrogen (secondary N) is 1. The molecule has 0 aliphatic carbocycles. The maximum Gasteiger partial charge on any atom is 0.254 e. The average molecular weight is 273 g/mol. The average Bonchev–Trinajstić information content (AvgIpc) is 2.33. The van der Waals surface area contributed by atoms with E-state index in [2.05, 4.69) is 12.2 Å². The number of piperazine rings is 1. The van der Waals surface area contributed by atoms with E-state index in [0.717, 1.165) is 6.54 Å². The number of benzene rings is 1. The van der Waals surface area contributed by atoms with Gasteiger partial charge in [0.25, 0.3) is 5.91 Å². The largest absolute Gasteiger partial charge is 0.333 e. The lowest BCUT2D eigenvalue weighted by molar-refractivity contribution is 0.0603. The molecule has 1 heterocycles. The van der Waals surface area contributed by atoms with Crippen LogP contribution in [0.5, 0.6) is 0 Å². The molecule has 0 bridgehead atoms. The lowest BCUT2D eigenvalue weighted by Gasteiger charge is -2.38. The van der Waals surface area contributed by atoms with Gasteiger partial charge in [-0.25, -0.2) is 4.39 Å². The van der Waals surface area contributed by atoms with E-state index in [1.807, 2.05) is 11.8 Å². The highest BCUT2D eigenvalue weighted by molar-refractivity contribution is 5.94. The molecule has 0 radical (unpaired) electrons. The van der Waals surface area contributed by atoms with Crippen molar-refractivity contribution >= 4 is 18.3 Å². The summed E-state index contributed by atoms with van der Waals surface area (Å²) < 4.78 is 12.8. The first-order valence-electron chi connectivity index (χ1n) is 5.89. The first kappa shape index (κ1) is 14.9. The van der Waals surface area contributed by atoms with Crippen molar-refractivity contribution in [3.05, 3.63) is 35.6 Å². The van der Waals surface area contributed by atoms with E-state index in [-0.39, 0.29) is 36.2 Å². The minimum Gasteiger partial charge on any atom is -0.333 e. The highest BCUT2D eigenvalue weighted by atomic mass is 35.5. The van der Waals surface area contributed by atoms with Gasteiger partial charge in [-0.3, -0.25) is 4.79 Å². The number of carbonyl (C=O) groups excluding carboxylic acids is 1. The highest BCUT2D eigenvalue weighted by Crippen LogP contribution is 2.14. The van der Waals surface area contributed by atoms with Gasteiger partial charge < -0.3 is 10.2 Å². The molecule has 1 aliphatic heterocycles. The molecule has 1 saturated heterocycles. The third-order valence-electron chi connectivity index (χ3n) is 3.39. The molecule has 0 aromatic heterocycles. The van der Waals surface area contributed by atoms with Crippen molar-refractivity contribution < 1.29 is 9.18 Å². The minimum absolute atomic E-state index is 0. The van der Waals surface area contributed by atoms with Crippen molar-refractivity contribution in [2.45, 2.75) is 25.9 Å². The van der Waals surface area contributed by atoms with Crippen LogP contribution in [0.1, 0.15) is 24.2 Å². The molecule has 2 atom stereocenters. The van der Waals surface area contributed by atoms with Gasteiger partial charge in [0.15, 0.2) is 0 Å². The predicted octanol–water partition coefficient (Wildman–Crippen LogP) is 2.07. The molecule has 1 N–H and O–H groups in total. The Morgan fingerprint density at radius 1 is 1.33 bits per heavy atom. The Kier molecular flexibility index (Phi) is 5.11. The second-order valence-electron chi connectivity index (χ2n) is 4.49. The first-order valence-corrected chi connectivity index (χ1v) is 5.89. The SMILES string of the molecule is CC1NCCN(C(=O)c2ccc(F)cc2)C1C.Cl. The van der Waals surface area contributed by atoms with Gasteiger partial charge in [-0.2, -0.15) is 0 Å². The van der Waals surface area contributed by atoms with E-state index in [1.54, 1.807) is 0 Å². The molecular formula is C13H18ClFN2O. The molecule has 0 spiro atoms. The van der Waals surface area contributed by atoms with Crippen LogP contribution in [0.3, 0.4) is 0 Å². The van der Waals surface area contributed by atoms with Crippen LogP contribution in [0.4, 0.5) is 4.39 Å². The molecule has 1 aliphatic rings. The van der Waals surface area contributed by atoms with Gasteiger partial charge in [-0.05, 0) is 38.1 Å². The molecule has 2 unspecified atom stereocenters. The van der Waals surface area contributed by atoms with Crippen LogP contribution in [0.25, 0.3) is 0 Å². The van der Waals surface area contributed by atoms with Crippen LogP contribution >= 0.6 is 12.4 Å². The second-order valence-corrected chi connectivity index (χ2v) is 4.49. The van der Waals surface area contributed by atoms with Gasteiger partial charge in [0.05, 0.1) is 0 Å². The van der Waals surface area contributed by atoms with Crippen molar-refractivity contribution in [3.8, 4) is 0 Å². The standard InChI is InChI=1S/C13H17FN2O.ClH/c1-9-10(2)16(8-7-15-9)13(17)11-3-5-12(14)6-4-11;/h3-6,9-10,15H,7-8H2,1-2H3;1H. The summed E-state index contributed by atoms with van der Waals surface area (Å²) in [5.74, 6) is -0.339. The molecule has 1 fully saturated rings. The summed E-state index contributed by atoms with van der Waals surface area (Å²) in [4.78, 5) is 14.1. The maximum atomic E-state index is 12.8. The molecule has 5 heteroatoms. The van der Waals surface area contributed by atoms with Crippen LogP contribution in [0, 0.1) is 5.82 Å². The molecule has 1 aromatic carbocycles. The quantitative estimate of drug-likeness (QED) is 0.849. The van der Waals surface area contributed by atoms with Crippen LogP contribution in [-0.4, -0.2) is 36.0 Å². The van der Waals surface area contributed by atoms with E-state index < -0.39 is 0 Å². The fraction of sp³-hybridized carbons (Fsp3) is 0.462. The van der Waals surface area contributed by atoms with Crippen molar-refractivity contribution in [2.24, 2.45) is 0 Å². The topological polar surface area (TPSA) is 32.3 Å². The number of nitrogens with zero attached hydrogens (tertiary/aromatic N) is 1. The van der Waals surface area contributed by atoms with Crippen molar-refractivity contribution in [1.29, 1.82) is 0 Å². The van der Waals surface area contributed by atoms with E-state index >= 15 is 0 Å². The Labute approximate surface area is 113 Å². The van der Waals surface area contributed by atoms with E-state index in [1.165, 1.54) is 24.3 Å². The summed E-state index contributed by atoms with van der Waals surface area (Å²) in [5.41, 5.74) is 0.548. The fourth-order valence-electron chi connectivity index (χ4n) is 2.10. The number of rotatable bonds is 1. The van der Waals surface area contributed by atoms with Gasteiger partial charge in [-0.1, -0.05) is 0 Å². The van der Waals surface area contributed by atoms with E-state index in [9.17, 15) is 9.18 Å². The van der Waals surface area contributed by atoms with Crippen LogP contribution in [0.15, 0.2) is 24.3 Å². The van der Waals surface area contributed by atoms with E-state index in [4.69, 9.17) is 0 Å². The molecule has 1 aromatic rings. The molecule has 18 heavy (non-hydrogen) atoms. The number of hydrogen-bond acceptors (Lipinski definition) is 2. The van der Waals surface area contributed by atoms with Crippen molar-refractivity contribution in [2.75, 3.05) is 13.1 Å². The second kappa shape index (κ2) is 6.16. The normalized spacial score (nSPS) is 23.4. The molecule has 100 valence electrons. The summed E-state index contributed by atoms with van der Waals surface area (Å²) >= 11 is 0. The smallest absolute Gasteiger partial charge is 0.254 e. The lowest BCUT2D eigenvalue weighted by atomic mass is 10.1. The van der Waals surface area contributed by atoms with Gasteiger partial charge in [0.2, 0.25) is 0 Å². The van der Waals surface area contributed by atoms with Crippen molar-refractivity contribution in [3.63, 3.8) is 0 Å². The predicted molar refractivity (Wildman–Crippen MR) is 71.6 cm³/mol. The minimum atomic E-state index is -0.316. The summed E-state index contributed by atoms with van der Waals surface area (Å²) in [7, 11) is 0. The summed E-state index contributed by atoms with van der Waals surface area (Å²) in [6, 6.07) is 6.16. The number of amides is 1. The Morgan fingerprint density at radius 3 is 2.56 bits per heavy atom. The Morgan fingerprint density at radius 2 is 1.94 bits per heavy atom. The van der Waals surface area contributed by atoms with Crippen molar-refractivity contribution in [1.82, 2.24) is 10.2 Å². The van der Waals surface area contributed by atoms with Gasteiger partial charge in [-0.15, -0.1) is 12.4 Å². The zero-order chi connectivity index (χ0) is 12.4. The van der Waals surface area contributed by atoms with Gasteiger partial charge >= 0.3 is 0 Å². The molecule has 1 amide bonds. The lowest BCUT2D eigenvalue weighted by Crippen LogP contribution is -2.57. The van der Waals surface area contributed by atoms with Crippen LogP contribution < -0.4 is 5.32 Å². The third kappa shape index (κ3) is 3.00. The molecule has 3 nitrogen and oxygen atoms in total. The number of carbonyl (C=O) groups is 1. The Bertz CT molecular complexity index is 410. The summed E-state index contributed by atoms with van der Waals surface area (Å²) in [5, 5.41) is 3.32. The zero-order valence-electron chi connectivity index (χ0n) is 10.5. The summed E-state index contributed by atoms with van der Waals surface area (Å²) in [6.45, 7) is 5.59. The number of hydrogen-bond donors (Lipinski definition) is 1. The number of halogens is 2. The molecule has 2 rings (SSSR count). The van der Waals surface area contributed by atoms with E-state index in [0.29, 0.717) is 12.1 Å². The van der Waals surface area contributed by atoms with Crippen LogP contribution in [0.2, 0.25) is 0 Å². The monoisotopic (exact) mass is 272 g/mol. The Hall–Kier alpha value is -1.13. The summed E-state index contributed by atoms with van der Waals surface area (Å²) in [6.07, 6.45) is 0. The Balaban J connectivity index is 0.00000162. The van der Waals surface area contributed by atoms with Gasteiger partial charge in [0.1, 0.15) is 5.82 Å². The zero-order valence-corrected chi connectivity index (χ0v) is 11.3. The molecular weight excluding hydrogens is 255 g/mol.